The van der Waals surface area contributed by atoms with E-state index in [1.165, 1.54) is 0 Å². The van der Waals surface area contributed by atoms with Crippen molar-refractivity contribution in [3.63, 3.8) is 0 Å². The molecule has 1 aliphatic heterocycles. The number of piperidine rings is 1. The van der Waals surface area contributed by atoms with Gasteiger partial charge in [-0.3, -0.25) is 4.79 Å². The summed E-state index contributed by atoms with van der Waals surface area (Å²) in [6.45, 7) is 1.85. The Bertz CT molecular complexity index is 179. The fourth-order valence-electron chi connectivity index (χ4n) is 1.74. The minimum Gasteiger partial charge on any atom is -0.396 e. The van der Waals surface area contributed by atoms with Gasteiger partial charge in [0.1, 0.15) is 0 Å². The van der Waals surface area contributed by atoms with Gasteiger partial charge in [-0.15, -0.1) is 11.6 Å². The molecule has 0 bridgehead atoms. The summed E-state index contributed by atoms with van der Waals surface area (Å²) >= 11 is 5.53. The topological polar surface area (TPSA) is 40.5 Å². The highest BCUT2D eigenvalue weighted by atomic mass is 35.5. The maximum atomic E-state index is 11.6. The van der Waals surface area contributed by atoms with E-state index in [1.54, 1.807) is 0 Å². The molecule has 4 heteroatoms. The monoisotopic (exact) mass is 219 g/mol. The van der Waals surface area contributed by atoms with Gasteiger partial charge in [-0.1, -0.05) is 0 Å². The molecule has 3 nitrogen and oxygen atoms in total. The zero-order valence-electron chi connectivity index (χ0n) is 8.41. The first-order valence-corrected chi connectivity index (χ1v) is 5.76. The van der Waals surface area contributed by atoms with E-state index < -0.39 is 0 Å². The summed E-state index contributed by atoms with van der Waals surface area (Å²) in [6, 6.07) is 0. The predicted octanol–water partition coefficient (Wildman–Crippen LogP) is 1.24. The van der Waals surface area contributed by atoms with Crippen LogP contribution in [0.3, 0.4) is 0 Å². The third kappa shape index (κ3) is 3.46. The first kappa shape index (κ1) is 11.8. The summed E-state index contributed by atoms with van der Waals surface area (Å²) in [5.74, 6) is 1.16. The van der Waals surface area contributed by atoms with Crippen molar-refractivity contribution >= 4 is 17.5 Å². The van der Waals surface area contributed by atoms with Gasteiger partial charge in [0.15, 0.2) is 0 Å². The number of hydrogen-bond acceptors (Lipinski definition) is 2. The highest BCUT2D eigenvalue weighted by molar-refractivity contribution is 6.17. The number of aliphatic hydroxyl groups is 1. The van der Waals surface area contributed by atoms with Gasteiger partial charge in [0.2, 0.25) is 5.91 Å². The molecular formula is C10H18ClNO2. The van der Waals surface area contributed by atoms with Crippen molar-refractivity contribution in [3.8, 4) is 0 Å². The van der Waals surface area contributed by atoms with Crippen molar-refractivity contribution < 1.29 is 9.90 Å². The van der Waals surface area contributed by atoms with Crippen LogP contribution in [0.5, 0.6) is 0 Å². The van der Waals surface area contributed by atoms with Gasteiger partial charge < -0.3 is 10.0 Å². The molecule has 0 saturated carbocycles. The van der Waals surface area contributed by atoms with Gasteiger partial charge in [0.25, 0.3) is 0 Å². The molecule has 1 aliphatic rings. The smallest absolute Gasteiger partial charge is 0.222 e. The van der Waals surface area contributed by atoms with Crippen LogP contribution in [0.2, 0.25) is 0 Å². The molecule has 0 aliphatic carbocycles. The van der Waals surface area contributed by atoms with Crippen LogP contribution in [0.4, 0.5) is 0 Å². The molecule has 0 aromatic heterocycles. The molecule has 1 saturated heterocycles. The second-order valence-corrected chi connectivity index (χ2v) is 4.18. The summed E-state index contributed by atoms with van der Waals surface area (Å²) in [7, 11) is 0. The van der Waals surface area contributed by atoms with E-state index in [-0.39, 0.29) is 12.5 Å². The van der Waals surface area contributed by atoms with Gasteiger partial charge in [0.05, 0.1) is 0 Å². The summed E-state index contributed by atoms with van der Waals surface area (Å²) in [5, 5.41) is 8.94. The fraction of sp³-hybridized carbons (Fsp3) is 0.900. The van der Waals surface area contributed by atoms with Crippen molar-refractivity contribution in [2.75, 3.05) is 25.6 Å². The van der Waals surface area contributed by atoms with Crippen LogP contribution in [0.15, 0.2) is 0 Å². The number of halogens is 1. The lowest BCUT2D eigenvalue weighted by Crippen LogP contribution is -2.39. The van der Waals surface area contributed by atoms with Crippen molar-refractivity contribution in [3.05, 3.63) is 0 Å². The molecule has 1 amide bonds. The van der Waals surface area contributed by atoms with Gasteiger partial charge >= 0.3 is 0 Å². The highest BCUT2D eigenvalue weighted by Crippen LogP contribution is 2.17. The van der Waals surface area contributed by atoms with Crippen molar-refractivity contribution in [2.24, 2.45) is 5.92 Å². The lowest BCUT2D eigenvalue weighted by Gasteiger charge is -2.31. The Balaban J connectivity index is 2.23. The lowest BCUT2D eigenvalue weighted by atomic mass is 9.98. The number of alkyl halides is 1. The van der Waals surface area contributed by atoms with Crippen LogP contribution >= 0.6 is 11.6 Å². The van der Waals surface area contributed by atoms with Gasteiger partial charge in [-0.2, -0.15) is 0 Å². The Kier molecular flexibility index (Phi) is 5.26. The second kappa shape index (κ2) is 6.25. The summed E-state index contributed by atoms with van der Waals surface area (Å²) in [5.41, 5.74) is 0. The Morgan fingerprint density at radius 1 is 1.43 bits per heavy atom. The molecule has 0 unspecified atom stereocenters. The number of rotatable bonds is 4. The van der Waals surface area contributed by atoms with E-state index in [2.05, 4.69) is 0 Å². The molecule has 14 heavy (non-hydrogen) atoms. The quantitative estimate of drug-likeness (QED) is 0.723. The van der Waals surface area contributed by atoms with Crippen LogP contribution in [-0.2, 0) is 4.79 Å². The van der Waals surface area contributed by atoms with Crippen LogP contribution in [0.1, 0.15) is 25.7 Å². The second-order valence-electron chi connectivity index (χ2n) is 3.80. The van der Waals surface area contributed by atoms with Gasteiger partial charge in [0, 0.05) is 32.0 Å². The predicted molar refractivity (Wildman–Crippen MR) is 56.3 cm³/mol. The van der Waals surface area contributed by atoms with E-state index >= 15 is 0 Å². The Morgan fingerprint density at radius 3 is 2.57 bits per heavy atom. The Labute approximate surface area is 90.0 Å². The third-order valence-corrected chi connectivity index (χ3v) is 3.02. The summed E-state index contributed by atoms with van der Waals surface area (Å²) < 4.78 is 0. The SMILES string of the molecule is O=C(CCCCl)N1CCC(CO)CC1. The van der Waals surface area contributed by atoms with Crippen LogP contribution in [0, 0.1) is 5.92 Å². The first-order valence-electron chi connectivity index (χ1n) is 5.22. The number of carbonyl (C=O) groups is 1. The van der Waals surface area contributed by atoms with Crippen molar-refractivity contribution in [1.82, 2.24) is 4.90 Å². The van der Waals surface area contributed by atoms with Gasteiger partial charge in [-0.25, -0.2) is 0 Å². The summed E-state index contributed by atoms with van der Waals surface area (Å²) in [4.78, 5) is 13.4. The molecule has 0 radical (unpaired) electrons. The number of hydrogen-bond donors (Lipinski definition) is 1. The van der Waals surface area contributed by atoms with Crippen molar-refractivity contribution in [2.45, 2.75) is 25.7 Å². The van der Waals surface area contributed by atoms with Gasteiger partial charge in [-0.05, 0) is 25.2 Å². The number of carbonyl (C=O) groups excluding carboxylic acids is 1. The van der Waals surface area contributed by atoms with E-state index in [1.807, 2.05) is 4.90 Å². The van der Waals surface area contributed by atoms with E-state index in [4.69, 9.17) is 16.7 Å². The maximum Gasteiger partial charge on any atom is 0.222 e. The Hall–Kier alpha value is -0.280. The van der Waals surface area contributed by atoms with Crippen LogP contribution in [-0.4, -0.2) is 41.5 Å². The van der Waals surface area contributed by atoms with E-state index in [0.29, 0.717) is 18.2 Å². The molecule has 1 N–H and O–H groups in total. The zero-order valence-corrected chi connectivity index (χ0v) is 9.17. The average molecular weight is 220 g/mol. The molecule has 82 valence electrons. The molecule has 0 aromatic carbocycles. The number of aliphatic hydroxyl groups excluding tert-OH is 1. The minimum absolute atomic E-state index is 0.210. The van der Waals surface area contributed by atoms with Crippen LogP contribution < -0.4 is 0 Å². The molecule has 1 heterocycles. The number of nitrogens with zero attached hydrogens (tertiary/aromatic N) is 1. The first-order chi connectivity index (χ1) is 6.77. The number of amides is 1. The molecule has 0 aromatic rings. The third-order valence-electron chi connectivity index (χ3n) is 2.75. The van der Waals surface area contributed by atoms with Crippen LogP contribution in [0.25, 0.3) is 0 Å². The zero-order chi connectivity index (χ0) is 10.4. The molecule has 1 rings (SSSR count). The molecule has 1 fully saturated rings. The lowest BCUT2D eigenvalue weighted by molar-refractivity contribution is -0.132. The highest BCUT2D eigenvalue weighted by Gasteiger charge is 2.21. The standard InChI is InChI=1S/C10H18ClNO2/c11-5-1-2-10(14)12-6-3-9(8-13)4-7-12/h9,13H,1-8H2. The largest absolute Gasteiger partial charge is 0.396 e. The molecular weight excluding hydrogens is 202 g/mol. The fourth-order valence-corrected chi connectivity index (χ4v) is 1.87. The van der Waals surface area contributed by atoms with E-state index in [0.717, 1.165) is 32.4 Å². The maximum absolute atomic E-state index is 11.6. The number of likely N-dealkylation sites (tertiary alicyclic amines) is 1. The van der Waals surface area contributed by atoms with Crippen molar-refractivity contribution in [1.29, 1.82) is 0 Å². The summed E-state index contributed by atoms with van der Waals surface area (Å²) in [6.07, 6.45) is 3.19. The minimum atomic E-state index is 0.210. The Morgan fingerprint density at radius 2 is 2.07 bits per heavy atom. The van der Waals surface area contributed by atoms with E-state index in [9.17, 15) is 4.79 Å². The molecule has 0 atom stereocenters. The average Bonchev–Trinajstić information content (AvgIpc) is 2.26. The molecule has 0 spiro atoms. The normalized spacial score (nSPS) is 18.6.